The SMILES string of the molecule is COCC1(CNC(=O)c2cccc(F)c2Cl)CCNCC1.Cl. The highest BCUT2D eigenvalue weighted by molar-refractivity contribution is 6.34. The summed E-state index contributed by atoms with van der Waals surface area (Å²) >= 11 is 5.83. The van der Waals surface area contributed by atoms with Gasteiger partial charge < -0.3 is 15.4 Å². The van der Waals surface area contributed by atoms with Gasteiger partial charge in [-0.05, 0) is 38.1 Å². The molecule has 0 unspecified atom stereocenters. The molecule has 7 heteroatoms. The Morgan fingerprint density at radius 2 is 2.14 bits per heavy atom. The van der Waals surface area contributed by atoms with Crippen LogP contribution in [0.4, 0.5) is 4.39 Å². The van der Waals surface area contributed by atoms with Crippen LogP contribution in [0, 0.1) is 11.2 Å². The molecule has 1 aliphatic rings. The summed E-state index contributed by atoms with van der Waals surface area (Å²) in [6, 6.07) is 4.23. The number of hydrogen-bond acceptors (Lipinski definition) is 3. The topological polar surface area (TPSA) is 50.4 Å². The maximum Gasteiger partial charge on any atom is 0.252 e. The first-order valence-corrected chi connectivity index (χ1v) is 7.38. The average Bonchev–Trinajstić information content (AvgIpc) is 2.49. The highest BCUT2D eigenvalue weighted by Crippen LogP contribution is 2.28. The molecule has 0 radical (unpaired) electrons. The number of hydrogen-bond donors (Lipinski definition) is 2. The van der Waals surface area contributed by atoms with Crippen LogP contribution in [0.5, 0.6) is 0 Å². The number of amides is 1. The number of piperidine rings is 1. The van der Waals surface area contributed by atoms with Gasteiger partial charge in [0.2, 0.25) is 0 Å². The molecule has 0 spiro atoms. The van der Waals surface area contributed by atoms with E-state index in [1.165, 1.54) is 18.2 Å². The number of rotatable bonds is 5. The van der Waals surface area contributed by atoms with E-state index in [2.05, 4.69) is 10.6 Å². The van der Waals surface area contributed by atoms with Crippen molar-refractivity contribution in [3.05, 3.63) is 34.6 Å². The average molecular weight is 351 g/mol. The van der Waals surface area contributed by atoms with Crippen molar-refractivity contribution < 1.29 is 13.9 Å². The second kappa shape index (κ2) is 8.67. The van der Waals surface area contributed by atoms with Gasteiger partial charge in [-0.2, -0.15) is 0 Å². The summed E-state index contributed by atoms with van der Waals surface area (Å²) in [4.78, 5) is 12.2. The van der Waals surface area contributed by atoms with Gasteiger partial charge in [-0.25, -0.2) is 4.39 Å². The van der Waals surface area contributed by atoms with Gasteiger partial charge in [0, 0.05) is 19.1 Å². The number of carbonyl (C=O) groups excluding carboxylic acids is 1. The molecule has 0 aromatic heterocycles. The molecule has 1 aromatic carbocycles. The zero-order valence-electron chi connectivity index (χ0n) is 12.5. The molecular formula is C15H21Cl2FN2O2. The van der Waals surface area contributed by atoms with Crippen molar-refractivity contribution in [3.63, 3.8) is 0 Å². The molecule has 2 rings (SSSR count). The Bertz CT molecular complexity index is 503. The summed E-state index contributed by atoms with van der Waals surface area (Å²) in [5.74, 6) is -0.939. The Hall–Kier alpha value is -0.880. The lowest BCUT2D eigenvalue weighted by atomic mass is 9.79. The van der Waals surface area contributed by atoms with E-state index in [-0.39, 0.29) is 34.3 Å². The monoisotopic (exact) mass is 350 g/mol. The van der Waals surface area contributed by atoms with Crippen molar-refractivity contribution in [2.75, 3.05) is 33.4 Å². The maximum absolute atomic E-state index is 13.4. The lowest BCUT2D eigenvalue weighted by Crippen LogP contribution is -2.47. The molecular weight excluding hydrogens is 330 g/mol. The summed E-state index contributed by atoms with van der Waals surface area (Å²) in [6.45, 7) is 2.89. The van der Waals surface area contributed by atoms with Gasteiger partial charge in [0.1, 0.15) is 5.82 Å². The molecule has 0 saturated carbocycles. The van der Waals surface area contributed by atoms with Crippen LogP contribution in [0.25, 0.3) is 0 Å². The zero-order chi connectivity index (χ0) is 15.3. The predicted molar refractivity (Wildman–Crippen MR) is 87.4 cm³/mol. The first-order chi connectivity index (χ1) is 10.1. The lowest BCUT2D eigenvalue weighted by molar-refractivity contribution is 0.0511. The quantitative estimate of drug-likeness (QED) is 0.858. The third-order valence-corrected chi connectivity index (χ3v) is 4.32. The second-order valence-corrected chi connectivity index (χ2v) is 5.85. The third-order valence-electron chi connectivity index (χ3n) is 3.93. The van der Waals surface area contributed by atoms with Crippen LogP contribution in [0.2, 0.25) is 5.02 Å². The lowest BCUT2D eigenvalue weighted by Gasteiger charge is -2.37. The van der Waals surface area contributed by atoms with Crippen LogP contribution in [-0.2, 0) is 4.74 Å². The molecule has 1 aromatic rings. The molecule has 0 aliphatic carbocycles. The summed E-state index contributed by atoms with van der Waals surface area (Å²) < 4.78 is 18.7. The van der Waals surface area contributed by atoms with Crippen LogP contribution in [0.1, 0.15) is 23.2 Å². The van der Waals surface area contributed by atoms with Crippen molar-refractivity contribution in [1.82, 2.24) is 10.6 Å². The standard InChI is InChI=1S/C15H20ClFN2O2.ClH/c1-21-10-15(5-7-18-8-6-15)9-19-14(20)11-3-2-4-12(17)13(11)16;/h2-4,18H,5-10H2,1H3,(H,19,20);1H. The molecule has 0 bridgehead atoms. The van der Waals surface area contributed by atoms with Gasteiger partial charge in [0.05, 0.1) is 17.2 Å². The van der Waals surface area contributed by atoms with Crippen LogP contribution in [0.15, 0.2) is 18.2 Å². The van der Waals surface area contributed by atoms with Gasteiger partial charge in [0.25, 0.3) is 5.91 Å². The van der Waals surface area contributed by atoms with E-state index in [0.717, 1.165) is 25.9 Å². The van der Waals surface area contributed by atoms with Gasteiger partial charge in [-0.3, -0.25) is 4.79 Å². The minimum atomic E-state index is -0.585. The molecule has 0 atom stereocenters. The van der Waals surface area contributed by atoms with E-state index < -0.39 is 5.82 Å². The number of carbonyl (C=O) groups is 1. The van der Waals surface area contributed by atoms with Crippen molar-refractivity contribution >= 4 is 29.9 Å². The smallest absolute Gasteiger partial charge is 0.252 e. The molecule has 1 amide bonds. The largest absolute Gasteiger partial charge is 0.384 e. The zero-order valence-corrected chi connectivity index (χ0v) is 14.0. The summed E-state index contributed by atoms with van der Waals surface area (Å²) in [6.07, 6.45) is 1.86. The molecule has 1 saturated heterocycles. The van der Waals surface area contributed by atoms with E-state index in [1.807, 2.05) is 0 Å². The minimum Gasteiger partial charge on any atom is -0.384 e. The normalized spacial score (nSPS) is 16.7. The Labute approximate surface area is 141 Å². The van der Waals surface area contributed by atoms with Crippen LogP contribution in [-0.4, -0.2) is 39.3 Å². The second-order valence-electron chi connectivity index (χ2n) is 5.47. The van der Waals surface area contributed by atoms with Crippen LogP contribution < -0.4 is 10.6 Å². The van der Waals surface area contributed by atoms with Crippen LogP contribution >= 0.6 is 24.0 Å². The molecule has 1 heterocycles. The van der Waals surface area contributed by atoms with Gasteiger partial charge in [-0.1, -0.05) is 17.7 Å². The fourth-order valence-electron chi connectivity index (χ4n) is 2.68. The minimum absolute atomic E-state index is 0. The van der Waals surface area contributed by atoms with Crippen molar-refractivity contribution in [2.24, 2.45) is 5.41 Å². The van der Waals surface area contributed by atoms with Gasteiger partial charge >= 0.3 is 0 Å². The summed E-state index contributed by atoms with van der Waals surface area (Å²) in [5, 5.41) is 6.02. The van der Waals surface area contributed by atoms with Crippen LogP contribution in [0.3, 0.4) is 0 Å². The van der Waals surface area contributed by atoms with Gasteiger partial charge in [-0.15, -0.1) is 12.4 Å². The van der Waals surface area contributed by atoms with E-state index in [9.17, 15) is 9.18 Å². The molecule has 124 valence electrons. The number of nitrogens with one attached hydrogen (secondary N) is 2. The number of benzene rings is 1. The first kappa shape index (κ1) is 19.2. The fourth-order valence-corrected chi connectivity index (χ4v) is 2.89. The Morgan fingerprint density at radius 3 is 2.77 bits per heavy atom. The number of ether oxygens (including phenoxy) is 1. The van der Waals surface area contributed by atoms with E-state index in [1.54, 1.807) is 7.11 Å². The van der Waals surface area contributed by atoms with E-state index in [0.29, 0.717) is 13.2 Å². The van der Waals surface area contributed by atoms with Crippen molar-refractivity contribution in [2.45, 2.75) is 12.8 Å². The fraction of sp³-hybridized carbons (Fsp3) is 0.533. The maximum atomic E-state index is 13.4. The molecule has 4 nitrogen and oxygen atoms in total. The Kier molecular flexibility index (Phi) is 7.56. The van der Waals surface area contributed by atoms with Gasteiger partial charge in [0.15, 0.2) is 0 Å². The molecule has 1 aliphatic heterocycles. The van der Waals surface area contributed by atoms with E-state index in [4.69, 9.17) is 16.3 Å². The van der Waals surface area contributed by atoms with Crippen molar-refractivity contribution in [1.29, 1.82) is 0 Å². The highest BCUT2D eigenvalue weighted by atomic mass is 35.5. The summed E-state index contributed by atoms with van der Waals surface area (Å²) in [7, 11) is 1.66. The number of halogens is 3. The highest BCUT2D eigenvalue weighted by Gasteiger charge is 2.32. The molecule has 1 fully saturated rings. The third kappa shape index (κ3) is 4.56. The predicted octanol–water partition coefficient (Wildman–Crippen LogP) is 2.65. The molecule has 2 N–H and O–H groups in total. The Morgan fingerprint density at radius 1 is 1.45 bits per heavy atom. The first-order valence-electron chi connectivity index (χ1n) is 7.00. The molecule has 22 heavy (non-hydrogen) atoms. The van der Waals surface area contributed by atoms with E-state index >= 15 is 0 Å². The summed E-state index contributed by atoms with van der Waals surface area (Å²) in [5.41, 5.74) is 0.0910. The Balaban J connectivity index is 0.00000242. The number of methoxy groups -OCH3 is 1. The van der Waals surface area contributed by atoms with Crippen molar-refractivity contribution in [3.8, 4) is 0 Å².